The second kappa shape index (κ2) is 11.9. The summed E-state index contributed by atoms with van der Waals surface area (Å²) in [4.78, 5) is 19.2. The van der Waals surface area contributed by atoms with Crippen LogP contribution in [0.1, 0.15) is 38.8 Å². The minimum Gasteiger partial charge on any atom is -0.444 e. The van der Waals surface area contributed by atoms with Gasteiger partial charge in [0.1, 0.15) is 5.60 Å². The third-order valence-electron chi connectivity index (χ3n) is 4.26. The van der Waals surface area contributed by atoms with Crippen molar-refractivity contribution in [1.82, 2.24) is 20.9 Å². The Balaban J connectivity index is 0.00000420. The first-order chi connectivity index (χ1) is 13.3. The molecule has 7 nitrogen and oxygen atoms in total. The maximum Gasteiger partial charge on any atom is 0.407 e. The molecule has 0 fully saturated rings. The Hall–Kier alpha value is -1.97. The fraction of sp³-hybridized carbons (Fsp3) is 0.524. The molecule has 0 saturated heterocycles. The number of guanidine groups is 1. The van der Waals surface area contributed by atoms with Gasteiger partial charge < -0.3 is 25.7 Å². The molecule has 0 aliphatic rings. The van der Waals surface area contributed by atoms with Crippen molar-refractivity contribution in [3.05, 3.63) is 35.5 Å². The topological polar surface area (TPSA) is 90.5 Å². The van der Waals surface area contributed by atoms with E-state index in [2.05, 4.69) is 57.2 Å². The van der Waals surface area contributed by atoms with Crippen LogP contribution in [0.25, 0.3) is 10.9 Å². The van der Waals surface area contributed by atoms with Crippen molar-refractivity contribution in [2.45, 2.75) is 46.1 Å². The van der Waals surface area contributed by atoms with Gasteiger partial charge in [0, 0.05) is 43.8 Å². The molecule has 0 saturated carbocycles. The molecule has 1 aromatic heterocycles. The van der Waals surface area contributed by atoms with Crippen molar-refractivity contribution in [2.75, 3.05) is 26.7 Å². The molecule has 0 bridgehead atoms. The van der Waals surface area contributed by atoms with Crippen LogP contribution in [0.5, 0.6) is 0 Å². The monoisotopic (exact) mass is 515 g/mol. The predicted molar refractivity (Wildman–Crippen MR) is 130 cm³/mol. The molecule has 1 heterocycles. The smallest absolute Gasteiger partial charge is 0.407 e. The number of aromatic nitrogens is 1. The van der Waals surface area contributed by atoms with Crippen molar-refractivity contribution in [3.8, 4) is 0 Å². The number of hydrogen-bond donors (Lipinski definition) is 4. The average Bonchev–Trinajstić information content (AvgIpc) is 3.05. The highest BCUT2D eigenvalue weighted by molar-refractivity contribution is 14.0. The highest BCUT2D eigenvalue weighted by atomic mass is 127. The molecule has 29 heavy (non-hydrogen) atoms. The maximum atomic E-state index is 11.6. The third kappa shape index (κ3) is 8.12. The second-order valence-corrected chi connectivity index (χ2v) is 7.61. The van der Waals surface area contributed by atoms with E-state index in [1.807, 2.05) is 20.8 Å². The molecule has 1 aromatic carbocycles. The number of hydrogen-bond acceptors (Lipinski definition) is 3. The number of carbonyl (C=O) groups is 1. The van der Waals surface area contributed by atoms with E-state index < -0.39 is 11.7 Å². The van der Waals surface area contributed by atoms with E-state index in [0.717, 1.165) is 19.4 Å². The Morgan fingerprint density at radius 2 is 1.79 bits per heavy atom. The minimum absolute atomic E-state index is 0. The lowest BCUT2D eigenvalue weighted by Gasteiger charge is -2.19. The van der Waals surface area contributed by atoms with E-state index in [0.29, 0.717) is 19.0 Å². The van der Waals surface area contributed by atoms with Crippen LogP contribution >= 0.6 is 24.0 Å². The lowest BCUT2D eigenvalue weighted by molar-refractivity contribution is 0.0529. The number of alkyl carbamates (subject to hydrolysis) is 1. The van der Waals surface area contributed by atoms with Crippen LogP contribution in [-0.2, 0) is 17.6 Å². The van der Waals surface area contributed by atoms with E-state index in [4.69, 9.17) is 4.74 Å². The zero-order valence-electron chi connectivity index (χ0n) is 18.0. The highest BCUT2D eigenvalue weighted by Crippen LogP contribution is 2.22. The highest BCUT2D eigenvalue weighted by Gasteiger charge is 2.15. The Morgan fingerprint density at radius 1 is 1.10 bits per heavy atom. The molecule has 8 heteroatoms. The summed E-state index contributed by atoms with van der Waals surface area (Å²) in [5.41, 5.74) is 3.37. The van der Waals surface area contributed by atoms with Gasteiger partial charge in [-0.25, -0.2) is 4.79 Å². The van der Waals surface area contributed by atoms with Crippen LogP contribution in [0.15, 0.2) is 29.4 Å². The van der Waals surface area contributed by atoms with Crippen molar-refractivity contribution in [2.24, 2.45) is 4.99 Å². The Bertz CT molecular complexity index is 811. The number of para-hydroxylation sites is 1. The van der Waals surface area contributed by atoms with Crippen LogP contribution in [0.3, 0.4) is 0 Å². The molecule has 0 unspecified atom stereocenters. The van der Waals surface area contributed by atoms with E-state index >= 15 is 0 Å². The Labute approximate surface area is 190 Å². The molecule has 2 rings (SSSR count). The number of fused-ring (bicyclic) bond motifs is 1. The van der Waals surface area contributed by atoms with Gasteiger partial charge >= 0.3 is 6.09 Å². The fourth-order valence-corrected chi connectivity index (χ4v) is 2.97. The average molecular weight is 515 g/mol. The van der Waals surface area contributed by atoms with Gasteiger partial charge in [-0.2, -0.15) is 0 Å². The third-order valence-corrected chi connectivity index (χ3v) is 4.26. The summed E-state index contributed by atoms with van der Waals surface area (Å²) in [6.45, 7) is 9.48. The Morgan fingerprint density at radius 3 is 2.45 bits per heavy atom. The number of ether oxygens (including phenoxy) is 1. The first kappa shape index (κ1) is 25.1. The number of halogens is 1. The molecule has 0 aliphatic heterocycles. The number of aryl methyl sites for hydroxylation is 1. The zero-order valence-corrected chi connectivity index (χ0v) is 20.3. The lowest BCUT2D eigenvalue weighted by atomic mass is 10.1. The van der Waals surface area contributed by atoms with Crippen LogP contribution < -0.4 is 16.0 Å². The van der Waals surface area contributed by atoms with Crippen molar-refractivity contribution >= 4 is 46.9 Å². The SMILES string of the molecule is CCc1cccc2c(CCNC(=NC)NCCNC(=O)OC(C)(C)C)c[nH]c12.I. The largest absolute Gasteiger partial charge is 0.444 e. The summed E-state index contributed by atoms with van der Waals surface area (Å²) in [5, 5.41) is 10.5. The molecule has 162 valence electrons. The molecule has 2 aromatic rings. The number of carbonyl (C=O) groups excluding carboxylic acids is 1. The van der Waals surface area contributed by atoms with Crippen LogP contribution in [0.4, 0.5) is 4.79 Å². The van der Waals surface area contributed by atoms with E-state index in [-0.39, 0.29) is 24.0 Å². The van der Waals surface area contributed by atoms with Gasteiger partial charge in [-0.3, -0.25) is 4.99 Å². The maximum absolute atomic E-state index is 11.6. The van der Waals surface area contributed by atoms with Crippen molar-refractivity contribution in [1.29, 1.82) is 0 Å². The quantitative estimate of drug-likeness (QED) is 0.197. The minimum atomic E-state index is -0.491. The second-order valence-electron chi connectivity index (χ2n) is 7.61. The molecule has 1 amide bonds. The first-order valence-electron chi connectivity index (χ1n) is 9.83. The molecular weight excluding hydrogens is 481 g/mol. The molecule has 4 N–H and O–H groups in total. The Kier molecular flexibility index (Phi) is 10.3. The van der Waals surface area contributed by atoms with Crippen LogP contribution in [-0.4, -0.2) is 49.3 Å². The summed E-state index contributed by atoms with van der Waals surface area (Å²) >= 11 is 0. The molecular formula is C21H34IN5O2. The van der Waals surface area contributed by atoms with Crippen molar-refractivity contribution in [3.63, 3.8) is 0 Å². The van der Waals surface area contributed by atoms with E-state index in [1.54, 1.807) is 7.05 Å². The van der Waals surface area contributed by atoms with E-state index in [9.17, 15) is 4.79 Å². The number of rotatable bonds is 7. The first-order valence-corrected chi connectivity index (χ1v) is 9.83. The number of amides is 1. The number of aliphatic imine (C=N–C) groups is 1. The van der Waals surface area contributed by atoms with Gasteiger partial charge in [0.25, 0.3) is 0 Å². The molecule has 0 aliphatic carbocycles. The number of nitrogens with one attached hydrogen (secondary N) is 4. The van der Waals surface area contributed by atoms with Crippen molar-refractivity contribution < 1.29 is 9.53 Å². The number of aromatic amines is 1. The number of H-pyrrole nitrogens is 1. The molecule has 0 atom stereocenters. The summed E-state index contributed by atoms with van der Waals surface area (Å²) in [6, 6.07) is 6.44. The number of nitrogens with zero attached hydrogens (tertiary/aromatic N) is 1. The zero-order chi connectivity index (χ0) is 20.6. The van der Waals surface area contributed by atoms with Gasteiger partial charge in [0.15, 0.2) is 5.96 Å². The van der Waals surface area contributed by atoms with Crippen LogP contribution in [0.2, 0.25) is 0 Å². The summed E-state index contributed by atoms with van der Waals surface area (Å²) < 4.78 is 5.20. The standard InChI is InChI=1S/C21H33N5O2.HI/c1-6-15-8-7-9-17-16(14-26-18(15)17)10-11-23-19(22-5)24-12-13-25-20(27)28-21(2,3)4;/h7-9,14,26H,6,10-13H2,1-5H3,(H,25,27)(H2,22,23,24);1H. The molecule has 0 spiro atoms. The van der Waals surface area contributed by atoms with Gasteiger partial charge in [0.05, 0.1) is 0 Å². The van der Waals surface area contributed by atoms with Crippen LogP contribution in [0, 0.1) is 0 Å². The van der Waals surface area contributed by atoms with Gasteiger partial charge in [0.2, 0.25) is 0 Å². The lowest BCUT2D eigenvalue weighted by Crippen LogP contribution is -2.42. The molecule has 0 radical (unpaired) electrons. The number of benzene rings is 1. The summed E-state index contributed by atoms with van der Waals surface area (Å²) in [7, 11) is 1.73. The van der Waals surface area contributed by atoms with Gasteiger partial charge in [-0.15, -0.1) is 24.0 Å². The van der Waals surface area contributed by atoms with Gasteiger partial charge in [-0.1, -0.05) is 25.1 Å². The summed E-state index contributed by atoms with van der Waals surface area (Å²) in [6.07, 6.45) is 3.59. The normalized spacial score (nSPS) is 11.7. The van der Waals surface area contributed by atoms with E-state index in [1.165, 1.54) is 22.0 Å². The van der Waals surface area contributed by atoms with Gasteiger partial charge in [-0.05, 0) is 44.7 Å². The summed E-state index contributed by atoms with van der Waals surface area (Å²) in [5.74, 6) is 0.708. The predicted octanol–water partition coefficient (Wildman–Crippen LogP) is 3.58. The fourth-order valence-electron chi connectivity index (χ4n) is 2.97.